The molecule has 20 heavy (non-hydrogen) atoms. The molecule has 0 aliphatic heterocycles. The fourth-order valence-corrected chi connectivity index (χ4v) is 2.73. The third-order valence-electron chi connectivity index (χ3n) is 4.11. The summed E-state index contributed by atoms with van der Waals surface area (Å²) >= 11 is 0. The average Bonchev–Trinajstić information content (AvgIpc) is 2.46. The maximum Gasteiger partial charge on any atom is 0.311 e. The summed E-state index contributed by atoms with van der Waals surface area (Å²) in [6.07, 6.45) is 5.13. The van der Waals surface area contributed by atoms with Gasteiger partial charge in [-0.3, -0.25) is 10.1 Å². The molecule has 0 atom stereocenters. The van der Waals surface area contributed by atoms with Crippen molar-refractivity contribution < 1.29 is 9.66 Å². The zero-order chi connectivity index (χ0) is 14.5. The highest BCUT2D eigenvalue weighted by Gasteiger charge is 2.19. The molecule has 0 aromatic heterocycles. The molecule has 1 fully saturated rings. The number of anilines is 1. The summed E-state index contributed by atoms with van der Waals surface area (Å²) in [4.78, 5) is 10.4. The summed E-state index contributed by atoms with van der Waals surface area (Å²) in [5, 5.41) is 14.2. The van der Waals surface area contributed by atoms with Gasteiger partial charge in [0.05, 0.1) is 12.0 Å². The summed E-state index contributed by atoms with van der Waals surface area (Å²) in [5.41, 5.74) is 0.885. The summed E-state index contributed by atoms with van der Waals surface area (Å²) in [6.45, 7) is 3.23. The molecule has 1 saturated carbocycles. The van der Waals surface area contributed by atoms with Crippen LogP contribution in [0.5, 0.6) is 5.75 Å². The maximum atomic E-state index is 10.8. The van der Waals surface area contributed by atoms with Crippen LogP contribution >= 0.6 is 0 Å². The Hall–Kier alpha value is -1.78. The lowest BCUT2D eigenvalue weighted by molar-refractivity contribution is -0.385. The first kappa shape index (κ1) is 14.6. The molecule has 0 bridgehead atoms. The molecule has 0 spiro atoms. The normalized spacial score (nSPS) is 22.3. The van der Waals surface area contributed by atoms with Crippen molar-refractivity contribution in [1.82, 2.24) is 0 Å². The first-order chi connectivity index (χ1) is 9.60. The van der Waals surface area contributed by atoms with Crippen LogP contribution in [0, 0.1) is 22.0 Å². The van der Waals surface area contributed by atoms with Gasteiger partial charge in [0.1, 0.15) is 0 Å². The zero-order valence-corrected chi connectivity index (χ0v) is 12.1. The Morgan fingerprint density at radius 3 is 2.65 bits per heavy atom. The molecule has 1 aromatic rings. The van der Waals surface area contributed by atoms with Gasteiger partial charge in [0, 0.05) is 24.4 Å². The second kappa shape index (κ2) is 6.59. The van der Waals surface area contributed by atoms with Gasteiger partial charge < -0.3 is 10.1 Å². The number of rotatable bonds is 5. The first-order valence-electron chi connectivity index (χ1n) is 7.16. The van der Waals surface area contributed by atoms with E-state index in [2.05, 4.69) is 12.2 Å². The Balaban J connectivity index is 1.94. The van der Waals surface area contributed by atoms with E-state index in [1.165, 1.54) is 38.9 Å². The van der Waals surface area contributed by atoms with Crippen molar-refractivity contribution >= 4 is 11.4 Å². The molecule has 1 aliphatic rings. The highest BCUT2D eigenvalue weighted by molar-refractivity contribution is 5.57. The van der Waals surface area contributed by atoms with Gasteiger partial charge >= 0.3 is 5.69 Å². The van der Waals surface area contributed by atoms with Crippen molar-refractivity contribution in [2.75, 3.05) is 19.0 Å². The van der Waals surface area contributed by atoms with Crippen molar-refractivity contribution in [3.05, 3.63) is 28.3 Å². The van der Waals surface area contributed by atoms with Crippen molar-refractivity contribution in [2.24, 2.45) is 11.8 Å². The molecule has 0 radical (unpaired) electrons. The molecule has 2 rings (SSSR count). The molecule has 110 valence electrons. The molecule has 1 aromatic carbocycles. The minimum Gasteiger partial charge on any atom is -0.490 e. The number of ether oxygens (including phenoxy) is 1. The van der Waals surface area contributed by atoms with E-state index in [9.17, 15) is 10.1 Å². The van der Waals surface area contributed by atoms with Crippen molar-refractivity contribution in [2.45, 2.75) is 32.6 Å². The van der Waals surface area contributed by atoms with E-state index in [4.69, 9.17) is 4.74 Å². The Morgan fingerprint density at radius 1 is 1.35 bits per heavy atom. The Morgan fingerprint density at radius 2 is 2.05 bits per heavy atom. The number of hydrogen-bond acceptors (Lipinski definition) is 4. The number of nitro groups is 1. The van der Waals surface area contributed by atoms with Crippen LogP contribution < -0.4 is 10.1 Å². The Bertz CT molecular complexity index is 468. The molecule has 1 aliphatic carbocycles. The van der Waals surface area contributed by atoms with Gasteiger partial charge in [0.15, 0.2) is 5.75 Å². The van der Waals surface area contributed by atoms with E-state index in [-0.39, 0.29) is 5.69 Å². The van der Waals surface area contributed by atoms with Crippen LogP contribution in [0.15, 0.2) is 18.2 Å². The van der Waals surface area contributed by atoms with Gasteiger partial charge in [-0.1, -0.05) is 19.8 Å². The van der Waals surface area contributed by atoms with Gasteiger partial charge in [0.2, 0.25) is 0 Å². The quantitative estimate of drug-likeness (QED) is 0.656. The molecular formula is C15H22N2O3. The topological polar surface area (TPSA) is 64.4 Å². The number of nitro benzene ring substituents is 1. The molecule has 0 saturated heterocycles. The molecule has 0 amide bonds. The average molecular weight is 278 g/mol. The molecule has 0 unspecified atom stereocenters. The summed E-state index contributed by atoms with van der Waals surface area (Å²) in [6, 6.07) is 4.93. The summed E-state index contributed by atoms with van der Waals surface area (Å²) in [7, 11) is 1.45. The van der Waals surface area contributed by atoms with Gasteiger partial charge in [-0.2, -0.15) is 0 Å². The van der Waals surface area contributed by atoms with Gasteiger partial charge in [0.25, 0.3) is 0 Å². The summed E-state index contributed by atoms with van der Waals surface area (Å²) in [5.74, 6) is 1.86. The molecule has 5 nitrogen and oxygen atoms in total. The third kappa shape index (κ3) is 3.62. The molecule has 1 N–H and O–H groups in total. The minimum atomic E-state index is -0.425. The lowest BCUT2D eigenvalue weighted by Gasteiger charge is -2.26. The second-order valence-electron chi connectivity index (χ2n) is 5.65. The molecule has 0 heterocycles. The minimum absolute atomic E-state index is 0.00420. The van der Waals surface area contributed by atoms with E-state index in [1.54, 1.807) is 12.1 Å². The number of nitrogens with one attached hydrogen (secondary N) is 1. The third-order valence-corrected chi connectivity index (χ3v) is 4.11. The van der Waals surface area contributed by atoms with E-state index in [0.29, 0.717) is 11.7 Å². The van der Waals surface area contributed by atoms with E-state index < -0.39 is 4.92 Å². The Kier molecular flexibility index (Phi) is 4.82. The van der Waals surface area contributed by atoms with Crippen molar-refractivity contribution in [1.29, 1.82) is 0 Å². The van der Waals surface area contributed by atoms with Gasteiger partial charge in [-0.25, -0.2) is 0 Å². The largest absolute Gasteiger partial charge is 0.490 e. The maximum absolute atomic E-state index is 10.8. The lowest BCUT2D eigenvalue weighted by Crippen LogP contribution is -2.20. The van der Waals surface area contributed by atoms with Crippen LogP contribution in [0.3, 0.4) is 0 Å². The van der Waals surface area contributed by atoms with Crippen LogP contribution in [0.2, 0.25) is 0 Å². The van der Waals surface area contributed by atoms with Gasteiger partial charge in [-0.15, -0.1) is 0 Å². The van der Waals surface area contributed by atoms with Crippen LogP contribution in [0.1, 0.15) is 32.6 Å². The number of methoxy groups -OCH3 is 1. The van der Waals surface area contributed by atoms with Crippen LogP contribution in [0.4, 0.5) is 11.4 Å². The van der Waals surface area contributed by atoms with Crippen molar-refractivity contribution in [3.8, 4) is 5.75 Å². The van der Waals surface area contributed by atoms with Crippen LogP contribution in [-0.2, 0) is 0 Å². The second-order valence-corrected chi connectivity index (χ2v) is 5.65. The number of benzene rings is 1. The lowest BCUT2D eigenvalue weighted by atomic mass is 9.83. The summed E-state index contributed by atoms with van der Waals surface area (Å²) < 4.78 is 5.07. The SMILES string of the molecule is COc1cc(NCC2CCC(C)CC2)ccc1[N+](=O)[O-]. The first-order valence-corrected chi connectivity index (χ1v) is 7.16. The van der Waals surface area contributed by atoms with Crippen molar-refractivity contribution in [3.63, 3.8) is 0 Å². The van der Waals surface area contributed by atoms with E-state index in [0.717, 1.165) is 18.2 Å². The van der Waals surface area contributed by atoms with Crippen LogP contribution in [0.25, 0.3) is 0 Å². The highest BCUT2D eigenvalue weighted by atomic mass is 16.6. The standard InChI is InChI=1S/C15H22N2O3/c1-11-3-5-12(6-4-11)10-16-13-7-8-14(17(18)19)15(9-13)20-2/h7-9,11-12,16H,3-6,10H2,1-2H3. The molecule has 5 heteroatoms. The highest BCUT2D eigenvalue weighted by Crippen LogP contribution is 2.31. The van der Waals surface area contributed by atoms with Gasteiger partial charge in [-0.05, 0) is 30.7 Å². The predicted molar refractivity (Wildman–Crippen MR) is 79.3 cm³/mol. The fraction of sp³-hybridized carbons (Fsp3) is 0.600. The Labute approximate surface area is 119 Å². The number of hydrogen-bond donors (Lipinski definition) is 1. The predicted octanol–water partition coefficient (Wildman–Crippen LogP) is 3.84. The molecular weight excluding hydrogens is 256 g/mol. The van der Waals surface area contributed by atoms with E-state index >= 15 is 0 Å². The monoisotopic (exact) mass is 278 g/mol. The number of nitrogens with zero attached hydrogens (tertiary/aromatic N) is 1. The smallest absolute Gasteiger partial charge is 0.311 e. The van der Waals surface area contributed by atoms with E-state index in [1.807, 2.05) is 0 Å². The zero-order valence-electron chi connectivity index (χ0n) is 12.1. The van der Waals surface area contributed by atoms with Crippen LogP contribution in [-0.4, -0.2) is 18.6 Å². The fourth-order valence-electron chi connectivity index (χ4n) is 2.73.